The number of hydrogen-bond acceptors (Lipinski definition) is 4. The quantitative estimate of drug-likeness (QED) is 0.802. The Morgan fingerprint density at radius 1 is 1.35 bits per heavy atom. The van der Waals surface area contributed by atoms with Crippen LogP contribution in [0.25, 0.3) is 0 Å². The minimum atomic E-state index is -0.553. The molecule has 2 aliphatic rings. The van der Waals surface area contributed by atoms with E-state index in [4.69, 9.17) is 5.73 Å². The predicted molar refractivity (Wildman–Crippen MR) is 78.9 cm³/mol. The van der Waals surface area contributed by atoms with E-state index < -0.39 is 11.6 Å². The lowest BCUT2D eigenvalue weighted by atomic mass is 9.93. The van der Waals surface area contributed by atoms with Crippen LogP contribution in [0.15, 0.2) is 18.2 Å². The van der Waals surface area contributed by atoms with Crippen molar-refractivity contribution in [1.82, 2.24) is 0 Å². The second-order valence-electron chi connectivity index (χ2n) is 6.10. The molecule has 2 heterocycles. The van der Waals surface area contributed by atoms with Crippen molar-refractivity contribution in [1.29, 1.82) is 0 Å². The van der Waals surface area contributed by atoms with Gasteiger partial charge in [0.15, 0.2) is 0 Å². The Morgan fingerprint density at radius 2 is 2.00 bits per heavy atom. The van der Waals surface area contributed by atoms with Crippen molar-refractivity contribution in [2.24, 2.45) is 5.73 Å². The molecule has 1 fully saturated rings. The van der Waals surface area contributed by atoms with Crippen LogP contribution in [0.1, 0.15) is 31.4 Å². The van der Waals surface area contributed by atoms with Crippen LogP contribution in [0.3, 0.4) is 0 Å². The van der Waals surface area contributed by atoms with E-state index in [2.05, 4.69) is 4.90 Å². The molecule has 0 radical (unpaired) electrons. The molecule has 3 rings (SSSR count). The average Bonchev–Trinajstić information content (AvgIpc) is 2.64. The maximum absolute atomic E-state index is 11.9. The first-order valence-corrected chi connectivity index (χ1v) is 7.03. The molecular formula is C15H21N3O2. The Kier molecular flexibility index (Phi) is 2.99. The van der Waals surface area contributed by atoms with Crippen molar-refractivity contribution in [2.75, 3.05) is 29.9 Å². The zero-order chi connectivity index (χ0) is 14.5. The van der Waals surface area contributed by atoms with Gasteiger partial charge in [0.25, 0.3) is 0 Å². The maximum atomic E-state index is 11.9. The van der Waals surface area contributed by atoms with E-state index in [1.807, 2.05) is 25.1 Å². The molecule has 1 amide bonds. The van der Waals surface area contributed by atoms with Crippen LogP contribution in [-0.2, 0) is 4.79 Å². The third-order valence-electron chi connectivity index (χ3n) is 4.51. The zero-order valence-corrected chi connectivity index (χ0v) is 12.0. The number of rotatable bonds is 1. The molecule has 1 aromatic carbocycles. The molecule has 1 saturated heterocycles. The van der Waals surface area contributed by atoms with Gasteiger partial charge in [-0.15, -0.1) is 0 Å². The monoisotopic (exact) mass is 275 g/mol. The lowest BCUT2D eigenvalue weighted by Crippen LogP contribution is -2.42. The second kappa shape index (κ2) is 4.46. The van der Waals surface area contributed by atoms with Gasteiger partial charge in [0.05, 0.1) is 11.3 Å². The summed E-state index contributed by atoms with van der Waals surface area (Å²) in [6.45, 7) is 3.55. The molecule has 20 heavy (non-hydrogen) atoms. The molecule has 2 aliphatic heterocycles. The van der Waals surface area contributed by atoms with Gasteiger partial charge >= 0.3 is 0 Å². The van der Waals surface area contributed by atoms with Crippen LogP contribution in [0.4, 0.5) is 11.4 Å². The first-order valence-electron chi connectivity index (χ1n) is 7.03. The Labute approximate surface area is 119 Å². The Morgan fingerprint density at radius 3 is 2.65 bits per heavy atom. The molecule has 0 aliphatic carbocycles. The smallest absolute Gasteiger partial charge is 0.248 e. The minimum Gasteiger partial charge on any atom is -0.390 e. The van der Waals surface area contributed by atoms with E-state index in [0.29, 0.717) is 0 Å². The third kappa shape index (κ3) is 2.07. The van der Waals surface area contributed by atoms with Crippen LogP contribution in [0.2, 0.25) is 0 Å². The highest BCUT2D eigenvalue weighted by atomic mass is 16.3. The molecule has 108 valence electrons. The van der Waals surface area contributed by atoms with Gasteiger partial charge in [-0.2, -0.15) is 0 Å². The molecule has 0 saturated carbocycles. The summed E-state index contributed by atoms with van der Waals surface area (Å²) in [5, 5.41) is 10.0. The SMILES string of the molecule is CN1C(=O)C(N)c2ccc(N3CCC(C)(O)CC3)cc21. The zero-order valence-electron chi connectivity index (χ0n) is 12.0. The first-order chi connectivity index (χ1) is 9.39. The number of piperidine rings is 1. The van der Waals surface area contributed by atoms with Crippen molar-refractivity contribution < 1.29 is 9.90 Å². The molecule has 1 atom stereocenters. The summed E-state index contributed by atoms with van der Waals surface area (Å²) in [5.74, 6) is -0.0567. The second-order valence-corrected chi connectivity index (χ2v) is 6.10. The van der Waals surface area contributed by atoms with Gasteiger partial charge in [-0.3, -0.25) is 4.79 Å². The van der Waals surface area contributed by atoms with Crippen LogP contribution in [-0.4, -0.2) is 36.8 Å². The van der Waals surface area contributed by atoms with E-state index in [9.17, 15) is 9.90 Å². The minimum absolute atomic E-state index is 0.0567. The topological polar surface area (TPSA) is 69.8 Å². The van der Waals surface area contributed by atoms with Crippen LogP contribution in [0, 0.1) is 0 Å². The van der Waals surface area contributed by atoms with Crippen molar-refractivity contribution in [2.45, 2.75) is 31.4 Å². The number of fused-ring (bicyclic) bond motifs is 1. The van der Waals surface area contributed by atoms with E-state index in [0.717, 1.165) is 42.9 Å². The van der Waals surface area contributed by atoms with Gasteiger partial charge in [-0.05, 0) is 31.9 Å². The summed E-state index contributed by atoms with van der Waals surface area (Å²) in [7, 11) is 1.76. The van der Waals surface area contributed by atoms with Crippen molar-refractivity contribution >= 4 is 17.3 Å². The predicted octanol–water partition coefficient (Wildman–Crippen LogP) is 1.01. The third-order valence-corrected chi connectivity index (χ3v) is 4.51. The highest BCUT2D eigenvalue weighted by molar-refractivity contribution is 6.04. The largest absolute Gasteiger partial charge is 0.390 e. The van der Waals surface area contributed by atoms with Crippen LogP contribution >= 0.6 is 0 Å². The van der Waals surface area contributed by atoms with E-state index in [-0.39, 0.29) is 5.91 Å². The number of amides is 1. The van der Waals surface area contributed by atoms with Crippen molar-refractivity contribution in [3.05, 3.63) is 23.8 Å². The normalized spacial score (nSPS) is 25.0. The Bertz CT molecular complexity index is 546. The average molecular weight is 275 g/mol. The van der Waals surface area contributed by atoms with Crippen LogP contribution < -0.4 is 15.5 Å². The number of nitrogens with two attached hydrogens (primary N) is 1. The van der Waals surface area contributed by atoms with Gasteiger partial charge in [-0.25, -0.2) is 0 Å². The number of anilines is 2. The lowest BCUT2D eigenvalue weighted by molar-refractivity contribution is -0.118. The molecule has 5 nitrogen and oxygen atoms in total. The van der Waals surface area contributed by atoms with E-state index in [1.54, 1.807) is 11.9 Å². The summed E-state index contributed by atoms with van der Waals surface area (Å²) >= 11 is 0. The summed E-state index contributed by atoms with van der Waals surface area (Å²) < 4.78 is 0. The fraction of sp³-hybridized carbons (Fsp3) is 0.533. The Hall–Kier alpha value is -1.59. The van der Waals surface area contributed by atoms with Crippen molar-refractivity contribution in [3.63, 3.8) is 0 Å². The molecule has 0 bridgehead atoms. The fourth-order valence-corrected chi connectivity index (χ4v) is 2.99. The number of nitrogens with zero attached hydrogens (tertiary/aromatic N) is 2. The fourth-order valence-electron chi connectivity index (χ4n) is 2.99. The lowest BCUT2D eigenvalue weighted by Gasteiger charge is -2.37. The molecule has 5 heteroatoms. The molecule has 3 N–H and O–H groups in total. The molecular weight excluding hydrogens is 254 g/mol. The van der Waals surface area contributed by atoms with Crippen molar-refractivity contribution in [3.8, 4) is 0 Å². The number of hydrogen-bond donors (Lipinski definition) is 2. The standard InChI is InChI=1S/C15H21N3O2/c1-15(20)5-7-18(8-6-15)10-3-4-11-12(9-10)17(2)14(19)13(11)16/h3-4,9,13,20H,5-8,16H2,1-2H3. The Balaban J connectivity index is 1.86. The van der Waals surface area contributed by atoms with Gasteiger partial charge in [0, 0.05) is 31.4 Å². The number of likely N-dealkylation sites (N-methyl/N-ethyl adjacent to an activating group) is 1. The highest BCUT2D eigenvalue weighted by Crippen LogP contribution is 2.37. The molecule has 0 spiro atoms. The van der Waals surface area contributed by atoms with Crippen LogP contribution in [0.5, 0.6) is 0 Å². The molecule has 1 unspecified atom stereocenters. The summed E-state index contributed by atoms with van der Waals surface area (Å²) in [6.07, 6.45) is 1.52. The summed E-state index contributed by atoms with van der Waals surface area (Å²) in [4.78, 5) is 15.8. The van der Waals surface area contributed by atoms with E-state index >= 15 is 0 Å². The summed E-state index contributed by atoms with van der Waals surface area (Å²) in [6, 6.07) is 5.46. The van der Waals surface area contributed by atoms with Gasteiger partial charge in [0.2, 0.25) is 5.91 Å². The first kappa shape index (κ1) is 13.4. The van der Waals surface area contributed by atoms with Gasteiger partial charge in [0.1, 0.15) is 6.04 Å². The number of benzene rings is 1. The highest BCUT2D eigenvalue weighted by Gasteiger charge is 2.33. The van der Waals surface area contributed by atoms with Gasteiger partial charge < -0.3 is 20.6 Å². The molecule has 0 aromatic heterocycles. The number of aliphatic hydroxyl groups is 1. The number of carbonyl (C=O) groups excluding carboxylic acids is 1. The molecule has 1 aromatic rings. The van der Waals surface area contributed by atoms with Gasteiger partial charge in [-0.1, -0.05) is 6.07 Å². The maximum Gasteiger partial charge on any atom is 0.248 e. The number of carbonyl (C=O) groups is 1. The summed E-state index contributed by atoms with van der Waals surface area (Å²) in [5.41, 5.74) is 8.24. The van der Waals surface area contributed by atoms with E-state index in [1.165, 1.54) is 0 Å².